The Balaban J connectivity index is 2.50. The lowest BCUT2D eigenvalue weighted by atomic mass is 9.76. The van der Waals surface area contributed by atoms with Gasteiger partial charge in [-0.05, 0) is 45.1 Å². The van der Waals surface area contributed by atoms with Crippen LogP contribution >= 0.6 is 0 Å². The summed E-state index contributed by atoms with van der Waals surface area (Å²) in [6, 6.07) is 3.88. The van der Waals surface area contributed by atoms with Gasteiger partial charge in [0.1, 0.15) is 0 Å². The SMILES string of the molecule is CCc1cc(B(OC(C)C)OC(C)C)cc2cnc(F)nc12. The normalized spacial score (nSPS) is 11.6. The van der Waals surface area contributed by atoms with Gasteiger partial charge in [-0.3, -0.25) is 0 Å². The number of halogens is 1. The van der Waals surface area contributed by atoms with Crippen LogP contribution in [0.4, 0.5) is 4.39 Å². The van der Waals surface area contributed by atoms with Gasteiger partial charge in [-0.1, -0.05) is 19.1 Å². The van der Waals surface area contributed by atoms with E-state index in [-0.39, 0.29) is 12.2 Å². The van der Waals surface area contributed by atoms with E-state index in [1.54, 1.807) is 0 Å². The molecule has 0 spiro atoms. The molecule has 0 aliphatic heterocycles. The second kappa shape index (κ2) is 7.16. The largest absolute Gasteiger partial charge is 0.494 e. The van der Waals surface area contributed by atoms with Crippen LogP contribution in [0.2, 0.25) is 0 Å². The summed E-state index contributed by atoms with van der Waals surface area (Å²) in [4.78, 5) is 7.55. The number of benzene rings is 1. The number of rotatable bonds is 6. The molecule has 1 aromatic heterocycles. The van der Waals surface area contributed by atoms with Crippen molar-refractivity contribution in [3.63, 3.8) is 0 Å². The average molecular weight is 304 g/mol. The van der Waals surface area contributed by atoms with Crippen LogP contribution in [-0.2, 0) is 15.7 Å². The van der Waals surface area contributed by atoms with Crippen LogP contribution in [0.1, 0.15) is 40.2 Å². The van der Waals surface area contributed by atoms with Gasteiger partial charge < -0.3 is 9.31 Å². The maximum absolute atomic E-state index is 13.3. The Labute approximate surface area is 131 Å². The van der Waals surface area contributed by atoms with Gasteiger partial charge in [0, 0.05) is 23.8 Å². The van der Waals surface area contributed by atoms with E-state index in [0.29, 0.717) is 5.52 Å². The number of hydrogen-bond donors (Lipinski definition) is 0. The van der Waals surface area contributed by atoms with Crippen molar-refractivity contribution in [1.82, 2.24) is 9.97 Å². The predicted molar refractivity (Wildman–Crippen MR) is 86.7 cm³/mol. The van der Waals surface area contributed by atoms with Gasteiger partial charge in [0.25, 0.3) is 0 Å². The predicted octanol–water partition coefficient (Wildman–Crippen LogP) is 2.88. The maximum Gasteiger partial charge on any atom is 0.494 e. The van der Waals surface area contributed by atoms with Crippen molar-refractivity contribution in [3.05, 3.63) is 30.0 Å². The topological polar surface area (TPSA) is 44.2 Å². The van der Waals surface area contributed by atoms with Gasteiger partial charge in [-0.25, -0.2) is 9.97 Å². The first-order chi connectivity index (χ1) is 10.4. The molecule has 118 valence electrons. The van der Waals surface area contributed by atoms with Gasteiger partial charge >= 0.3 is 13.2 Å². The summed E-state index contributed by atoms with van der Waals surface area (Å²) in [7, 11) is -0.459. The van der Waals surface area contributed by atoms with Crippen molar-refractivity contribution in [2.45, 2.75) is 53.2 Å². The lowest BCUT2D eigenvalue weighted by Crippen LogP contribution is -2.41. The minimum absolute atomic E-state index is 0.0361. The molecule has 1 heterocycles. The standard InChI is InChI=1S/C16H22BFN2O2/c1-6-12-7-14(17(21-10(2)3)22-11(4)5)8-13-9-19-16(18)20-15(12)13/h7-11H,6H2,1-5H3. The van der Waals surface area contributed by atoms with Crippen LogP contribution in [0.25, 0.3) is 10.9 Å². The fourth-order valence-corrected chi connectivity index (χ4v) is 2.31. The van der Waals surface area contributed by atoms with E-state index in [0.717, 1.165) is 22.8 Å². The minimum atomic E-state index is -0.705. The first kappa shape index (κ1) is 16.8. The van der Waals surface area contributed by atoms with E-state index in [1.807, 2.05) is 46.8 Å². The van der Waals surface area contributed by atoms with Crippen molar-refractivity contribution in [2.75, 3.05) is 0 Å². The van der Waals surface area contributed by atoms with Gasteiger partial charge in [-0.2, -0.15) is 4.39 Å². The lowest BCUT2D eigenvalue weighted by Gasteiger charge is -2.20. The molecule has 0 aliphatic carbocycles. The Bertz CT molecular complexity index is 639. The zero-order valence-electron chi connectivity index (χ0n) is 13.8. The van der Waals surface area contributed by atoms with Crippen molar-refractivity contribution in [2.24, 2.45) is 0 Å². The Hall–Kier alpha value is -1.53. The Morgan fingerprint density at radius 2 is 1.77 bits per heavy atom. The minimum Gasteiger partial charge on any atom is -0.405 e. The summed E-state index contributed by atoms with van der Waals surface area (Å²) in [5.41, 5.74) is 2.51. The van der Waals surface area contributed by atoms with E-state index >= 15 is 0 Å². The first-order valence-electron chi connectivity index (χ1n) is 7.66. The number of aromatic nitrogens is 2. The van der Waals surface area contributed by atoms with Crippen molar-refractivity contribution < 1.29 is 13.7 Å². The van der Waals surface area contributed by atoms with E-state index < -0.39 is 13.2 Å². The van der Waals surface area contributed by atoms with Crippen LogP contribution < -0.4 is 5.46 Å². The molecule has 1 aromatic carbocycles. The Morgan fingerprint density at radius 3 is 2.32 bits per heavy atom. The number of fused-ring (bicyclic) bond motifs is 1. The third kappa shape index (κ3) is 4.02. The molecule has 0 N–H and O–H groups in total. The second-order valence-electron chi connectivity index (χ2n) is 5.81. The number of hydrogen-bond acceptors (Lipinski definition) is 4. The van der Waals surface area contributed by atoms with E-state index in [2.05, 4.69) is 9.97 Å². The first-order valence-corrected chi connectivity index (χ1v) is 7.66. The molecular formula is C16H22BFN2O2. The second-order valence-corrected chi connectivity index (χ2v) is 5.81. The van der Waals surface area contributed by atoms with Gasteiger partial charge in [0.05, 0.1) is 5.52 Å². The van der Waals surface area contributed by atoms with Crippen molar-refractivity contribution >= 4 is 23.5 Å². The highest BCUT2D eigenvalue weighted by Gasteiger charge is 2.25. The summed E-state index contributed by atoms with van der Waals surface area (Å²) in [5.74, 6) is 0. The number of nitrogens with zero attached hydrogens (tertiary/aromatic N) is 2. The van der Waals surface area contributed by atoms with Crippen molar-refractivity contribution in [1.29, 1.82) is 0 Å². The fourth-order valence-electron chi connectivity index (χ4n) is 2.31. The zero-order chi connectivity index (χ0) is 16.3. The maximum atomic E-state index is 13.3. The summed E-state index contributed by atoms with van der Waals surface area (Å²) >= 11 is 0. The van der Waals surface area contributed by atoms with E-state index in [9.17, 15) is 4.39 Å². The highest BCUT2D eigenvalue weighted by Crippen LogP contribution is 2.16. The van der Waals surface area contributed by atoms with Crippen LogP contribution in [0.5, 0.6) is 0 Å². The number of aryl methyl sites for hydroxylation is 1. The molecule has 0 unspecified atom stereocenters. The molecule has 6 heteroatoms. The molecule has 0 aliphatic rings. The molecule has 4 nitrogen and oxygen atoms in total. The third-order valence-electron chi connectivity index (χ3n) is 3.20. The van der Waals surface area contributed by atoms with Gasteiger partial charge in [0.15, 0.2) is 0 Å². The molecule has 2 rings (SSSR count). The van der Waals surface area contributed by atoms with Crippen LogP contribution in [-0.4, -0.2) is 29.3 Å². The molecule has 0 bridgehead atoms. The van der Waals surface area contributed by atoms with E-state index in [1.165, 1.54) is 6.20 Å². The molecule has 0 amide bonds. The van der Waals surface area contributed by atoms with Crippen LogP contribution in [0.15, 0.2) is 18.3 Å². The van der Waals surface area contributed by atoms with Gasteiger partial charge in [-0.15, -0.1) is 0 Å². The Kier molecular flexibility index (Phi) is 5.48. The molecule has 0 fully saturated rings. The zero-order valence-corrected chi connectivity index (χ0v) is 13.8. The van der Waals surface area contributed by atoms with Crippen molar-refractivity contribution in [3.8, 4) is 0 Å². The molecular weight excluding hydrogens is 282 g/mol. The monoisotopic (exact) mass is 304 g/mol. The highest BCUT2D eigenvalue weighted by molar-refractivity contribution is 6.61. The van der Waals surface area contributed by atoms with Gasteiger partial charge in [0.2, 0.25) is 0 Å². The summed E-state index contributed by atoms with van der Waals surface area (Å²) < 4.78 is 25.0. The lowest BCUT2D eigenvalue weighted by molar-refractivity contribution is 0.139. The fraction of sp³-hybridized carbons (Fsp3) is 0.500. The summed E-state index contributed by atoms with van der Waals surface area (Å²) in [6.45, 7) is 9.89. The smallest absolute Gasteiger partial charge is 0.405 e. The average Bonchev–Trinajstić information content (AvgIpc) is 2.44. The molecule has 0 atom stereocenters. The summed E-state index contributed by atoms with van der Waals surface area (Å²) in [6.07, 6.45) is 1.62. The molecule has 0 radical (unpaired) electrons. The third-order valence-corrected chi connectivity index (χ3v) is 3.20. The van der Waals surface area contributed by atoms with Crippen LogP contribution in [0, 0.1) is 6.08 Å². The molecule has 0 saturated heterocycles. The summed E-state index contributed by atoms with van der Waals surface area (Å²) in [5, 5.41) is 0.792. The quantitative estimate of drug-likeness (QED) is 0.608. The molecule has 2 aromatic rings. The molecule has 0 saturated carbocycles. The van der Waals surface area contributed by atoms with Crippen LogP contribution in [0.3, 0.4) is 0 Å². The van der Waals surface area contributed by atoms with E-state index in [4.69, 9.17) is 9.31 Å². The molecule has 22 heavy (non-hydrogen) atoms. The highest BCUT2D eigenvalue weighted by atomic mass is 19.1. The Morgan fingerprint density at radius 1 is 1.14 bits per heavy atom.